The largest absolute Gasteiger partial charge is 0.462 e. The number of hydrogen-bond donors (Lipinski definition) is 1. The molecule has 0 aliphatic heterocycles. The van der Waals surface area contributed by atoms with Crippen LogP contribution in [0.2, 0.25) is 10.0 Å². The Bertz CT molecular complexity index is 904. The van der Waals surface area contributed by atoms with Crippen LogP contribution in [-0.4, -0.2) is 12.6 Å². The minimum absolute atomic E-state index is 0.00709. The van der Waals surface area contributed by atoms with E-state index in [1.165, 1.54) is 0 Å². The van der Waals surface area contributed by atoms with Crippen molar-refractivity contribution in [2.75, 3.05) is 11.9 Å². The Balaban J connectivity index is 2.53. The highest BCUT2D eigenvalue weighted by Crippen LogP contribution is 2.36. The number of nitriles is 2. The number of nitrogens with zero attached hydrogens (tertiary/aromatic N) is 2. The Morgan fingerprint density at radius 1 is 1.36 bits per heavy atom. The number of halogens is 2. The highest BCUT2D eigenvalue weighted by atomic mass is 35.5. The molecular formula is C17H11Cl2N3O3. The van der Waals surface area contributed by atoms with Gasteiger partial charge in [-0.2, -0.15) is 10.5 Å². The second-order valence-electron chi connectivity index (χ2n) is 4.62. The molecule has 6 nitrogen and oxygen atoms in total. The molecule has 126 valence electrons. The number of benzene rings is 1. The number of allylic oxidation sites excluding steroid dienone is 1. The monoisotopic (exact) mass is 375 g/mol. The zero-order valence-electron chi connectivity index (χ0n) is 13.0. The predicted octanol–water partition coefficient (Wildman–Crippen LogP) is 4.94. The van der Waals surface area contributed by atoms with Crippen LogP contribution >= 0.6 is 23.2 Å². The van der Waals surface area contributed by atoms with Gasteiger partial charge in [0.25, 0.3) is 0 Å². The molecule has 0 aliphatic rings. The standard InChI is InChI=1S/C17H11Cl2N3O3/c1-2-24-17(23)14-15(19)13(6-10(8-20)9-21)25-16(14)22-12-5-3-4-11(18)7-12/h3-7,22H,2H2,1H3. The van der Waals surface area contributed by atoms with Crippen molar-refractivity contribution in [3.63, 3.8) is 0 Å². The third-order valence-electron chi connectivity index (χ3n) is 2.95. The summed E-state index contributed by atoms with van der Waals surface area (Å²) in [6.45, 7) is 1.80. The molecule has 2 rings (SSSR count). The van der Waals surface area contributed by atoms with Crippen LogP contribution in [0.5, 0.6) is 0 Å². The van der Waals surface area contributed by atoms with Crippen molar-refractivity contribution in [2.45, 2.75) is 6.92 Å². The maximum atomic E-state index is 12.2. The van der Waals surface area contributed by atoms with Gasteiger partial charge >= 0.3 is 5.97 Å². The smallest absolute Gasteiger partial charge is 0.345 e. The number of rotatable bonds is 5. The Morgan fingerprint density at radius 3 is 2.68 bits per heavy atom. The molecule has 25 heavy (non-hydrogen) atoms. The van der Waals surface area contributed by atoms with E-state index in [2.05, 4.69) is 5.32 Å². The highest BCUT2D eigenvalue weighted by molar-refractivity contribution is 6.35. The van der Waals surface area contributed by atoms with Crippen molar-refractivity contribution >= 4 is 46.8 Å². The molecular weight excluding hydrogens is 365 g/mol. The van der Waals surface area contributed by atoms with E-state index < -0.39 is 5.97 Å². The van der Waals surface area contributed by atoms with Crippen LogP contribution in [0.15, 0.2) is 34.3 Å². The number of carbonyl (C=O) groups excluding carboxylic acids is 1. The third kappa shape index (κ3) is 4.33. The minimum atomic E-state index is -0.698. The number of nitrogens with one attached hydrogen (secondary N) is 1. The van der Waals surface area contributed by atoms with E-state index in [9.17, 15) is 4.79 Å². The fourth-order valence-electron chi connectivity index (χ4n) is 1.91. The molecule has 1 aromatic heterocycles. The molecule has 0 aliphatic carbocycles. The summed E-state index contributed by atoms with van der Waals surface area (Å²) in [4.78, 5) is 12.2. The molecule has 0 saturated carbocycles. The number of esters is 1. The van der Waals surface area contributed by atoms with Gasteiger partial charge in [-0.1, -0.05) is 29.3 Å². The minimum Gasteiger partial charge on any atom is -0.462 e. The lowest BCUT2D eigenvalue weighted by Gasteiger charge is -2.06. The van der Waals surface area contributed by atoms with E-state index in [1.807, 2.05) is 0 Å². The average Bonchev–Trinajstić information content (AvgIpc) is 2.88. The SMILES string of the molecule is CCOC(=O)c1c(Nc2cccc(Cl)c2)oc(C=C(C#N)C#N)c1Cl. The molecule has 0 unspecified atom stereocenters. The van der Waals surface area contributed by atoms with Gasteiger partial charge in [0, 0.05) is 16.8 Å². The predicted molar refractivity (Wildman–Crippen MR) is 93.6 cm³/mol. The molecule has 0 fully saturated rings. The lowest BCUT2D eigenvalue weighted by molar-refractivity contribution is 0.0527. The second kappa shape index (κ2) is 8.25. The fourth-order valence-corrected chi connectivity index (χ4v) is 2.36. The maximum absolute atomic E-state index is 12.2. The van der Waals surface area contributed by atoms with Gasteiger partial charge in [-0.3, -0.25) is 0 Å². The van der Waals surface area contributed by atoms with Crippen molar-refractivity contribution < 1.29 is 13.9 Å². The van der Waals surface area contributed by atoms with Crippen molar-refractivity contribution in [2.24, 2.45) is 0 Å². The van der Waals surface area contributed by atoms with E-state index in [-0.39, 0.29) is 34.4 Å². The molecule has 0 bridgehead atoms. The van der Waals surface area contributed by atoms with Gasteiger partial charge in [0.15, 0.2) is 5.76 Å². The van der Waals surface area contributed by atoms with Crippen LogP contribution in [0.4, 0.5) is 11.6 Å². The fraction of sp³-hybridized carbons (Fsp3) is 0.118. The van der Waals surface area contributed by atoms with Crippen LogP contribution in [-0.2, 0) is 4.74 Å². The molecule has 0 spiro atoms. The zero-order valence-corrected chi connectivity index (χ0v) is 14.5. The van der Waals surface area contributed by atoms with Gasteiger partial charge < -0.3 is 14.5 Å². The Labute approximate surface area is 153 Å². The molecule has 0 amide bonds. The van der Waals surface area contributed by atoms with Crippen LogP contribution < -0.4 is 5.32 Å². The summed E-state index contributed by atoms with van der Waals surface area (Å²) in [5, 5.41) is 21.0. The number of furan rings is 1. The summed E-state index contributed by atoms with van der Waals surface area (Å²) in [5.74, 6) is -0.685. The topological polar surface area (TPSA) is 99.0 Å². The number of anilines is 2. The number of carbonyl (C=O) groups is 1. The van der Waals surface area contributed by atoms with Gasteiger partial charge in [0.2, 0.25) is 5.88 Å². The van der Waals surface area contributed by atoms with Gasteiger partial charge in [-0.15, -0.1) is 0 Å². The van der Waals surface area contributed by atoms with E-state index in [0.717, 1.165) is 6.08 Å². The first kappa shape index (κ1) is 18.4. The van der Waals surface area contributed by atoms with Gasteiger partial charge in [-0.25, -0.2) is 4.79 Å². The zero-order chi connectivity index (χ0) is 18.4. The van der Waals surface area contributed by atoms with Crippen LogP contribution in [0.1, 0.15) is 23.0 Å². The lowest BCUT2D eigenvalue weighted by atomic mass is 10.2. The van der Waals surface area contributed by atoms with E-state index in [1.54, 1.807) is 43.3 Å². The first-order chi connectivity index (χ1) is 12.0. The number of ether oxygens (including phenoxy) is 1. The van der Waals surface area contributed by atoms with Crippen LogP contribution in [0.3, 0.4) is 0 Å². The van der Waals surface area contributed by atoms with Gasteiger partial charge in [-0.05, 0) is 25.1 Å². The normalized spacial score (nSPS) is 9.64. The van der Waals surface area contributed by atoms with Crippen LogP contribution in [0.25, 0.3) is 6.08 Å². The average molecular weight is 376 g/mol. The summed E-state index contributed by atoms with van der Waals surface area (Å²) >= 11 is 12.1. The van der Waals surface area contributed by atoms with Crippen molar-refractivity contribution in [3.05, 3.63) is 51.2 Å². The summed E-state index contributed by atoms with van der Waals surface area (Å²) in [5.41, 5.74) is 0.296. The summed E-state index contributed by atoms with van der Waals surface area (Å²) in [6.07, 6.45) is 1.15. The van der Waals surface area contributed by atoms with Crippen molar-refractivity contribution in [1.82, 2.24) is 0 Å². The molecule has 0 saturated heterocycles. The Hall–Kier alpha value is -2.93. The molecule has 8 heteroatoms. The molecule has 1 aromatic carbocycles. The Morgan fingerprint density at radius 2 is 2.08 bits per heavy atom. The Kier molecular flexibility index (Phi) is 6.08. The summed E-state index contributed by atoms with van der Waals surface area (Å²) in [6, 6.07) is 10.1. The second-order valence-corrected chi connectivity index (χ2v) is 5.44. The number of hydrogen-bond acceptors (Lipinski definition) is 6. The summed E-state index contributed by atoms with van der Waals surface area (Å²) in [7, 11) is 0. The molecule has 0 radical (unpaired) electrons. The van der Waals surface area contributed by atoms with Crippen LogP contribution in [0, 0.1) is 22.7 Å². The maximum Gasteiger partial charge on any atom is 0.345 e. The third-order valence-corrected chi connectivity index (χ3v) is 3.56. The summed E-state index contributed by atoms with van der Waals surface area (Å²) < 4.78 is 10.5. The van der Waals surface area contributed by atoms with E-state index in [4.69, 9.17) is 42.9 Å². The van der Waals surface area contributed by atoms with E-state index in [0.29, 0.717) is 10.7 Å². The highest BCUT2D eigenvalue weighted by Gasteiger charge is 2.25. The molecule has 1 N–H and O–H groups in total. The van der Waals surface area contributed by atoms with E-state index >= 15 is 0 Å². The molecule has 0 atom stereocenters. The molecule has 1 heterocycles. The van der Waals surface area contributed by atoms with Gasteiger partial charge in [0.05, 0.1) is 6.61 Å². The first-order valence-electron chi connectivity index (χ1n) is 7.04. The van der Waals surface area contributed by atoms with Crippen molar-refractivity contribution in [3.8, 4) is 12.1 Å². The molecule has 2 aromatic rings. The van der Waals surface area contributed by atoms with Gasteiger partial charge in [0.1, 0.15) is 28.3 Å². The quantitative estimate of drug-likeness (QED) is 0.586. The van der Waals surface area contributed by atoms with Crippen molar-refractivity contribution in [1.29, 1.82) is 10.5 Å². The first-order valence-corrected chi connectivity index (χ1v) is 7.79. The lowest BCUT2D eigenvalue weighted by Crippen LogP contribution is -2.06.